The van der Waals surface area contributed by atoms with E-state index in [0.29, 0.717) is 0 Å². The normalized spacial score (nSPS) is 20.4. The van der Waals surface area contributed by atoms with Gasteiger partial charge in [-0.2, -0.15) is 11.8 Å². The lowest BCUT2D eigenvalue weighted by Crippen LogP contribution is -2.43. The minimum absolute atomic E-state index is 0.0221. The van der Waals surface area contributed by atoms with Gasteiger partial charge in [-0.25, -0.2) is 4.39 Å². The summed E-state index contributed by atoms with van der Waals surface area (Å²) in [6.07, 6.45) is 0. The first-order chi connectivity index (χ1) is 8.94. The lowest BCUT2D eigenvalue weighted by atomic mass is 10.0. The van der Waals surface area contributed by atoms with E-state index in [2.05, 4.69) is 24.1 Å². The van der Waals surface area contributed by atoms with Crippen LogP contribution >= 0.6 is 11.8 Å². The summed E-state index contributed by atoms with van der Waals surface area (Å²) in [5.74, 6) is 0.979. The molecule has 1 aromatic carbocycles. The summed E-state index contributed by atoms with van der Waals surface area (Å²) in [7, 11) is 1.87. The molecule has 1 aliphatic heterocycles. The zero-order valence-corrected chi connectivity index (χ0v) is 13.0. The van der Waals surface area contributed by atoms with Gasteiger partial charge in [0.2, 0.25) is 0 Å². The van der Waals surface area contributed by atoms with E-state index in [1.165, 1.54) is 0 Å². The van der Waals surface area contributed by atoms with Crippen molar-refractivity contribution in [3.8, 4) is 0 Å². The molecule has 0 saturated carbocycles. The molecule has 0 aliphatic carbocycles. The van der Waals surface area contributed by atoms with Gasteiger partial charge in [-0.3, -0.25) is 0 Å². The molecular weight excluding hydrogens is 259 g/mol. The SMILES string of the molecule is CNC(C)c1c(F)cccc1N1CCSC(C)(C)C1. The van der Waals surface area contributed by atoms with E-state index in [0.717, 1.165) is 30.1 Å². The maximum Gasteiger partial charge on any atom is 0.130 e. The summed E-state index contributed by atoms with van der Waals surface area (Å²) in [5, 5.41) is 3.15. The Labute approximate surface area is 119 Å². The molecular formula is C15H23FN2S. The summed E-state index contributed by atoms with van der Waals surface area (Å²) in [6, 6.07) is 5.43. The molecule has 19 heavy (non-hydrogen) atoms. The van der Waals surface area contributed by atoms with Gasteiger partial charge in [-0.05, 0) is 40.0 Å². The molecule has 106 valence electrons. The second-order valence-electron chi connectivity index (χ2n) is 5.71. The zero-order valence-electron chi connectivity index (χ0n) is 12.2. The first-order valence-electron chi connectivity index (χ1n) is 6.79. The summed E-state index contributed by atoms with van der Waals surface area (Å²) in [6.45, 7) is 8.46. The smallest absolute Gasteiger partial charge is 0.130 e. The Hall–Kier alpha value is -0.740. The van der Waals surface area contributed by atoms with E-state index in [1.807, 2.05) is 37.9 Å². The fourth-order valence-electron chi connectivity index (χ4n) is 2.60. The Bertz CT molecular complexity index is 448. The van der Waals surface area contributed by atoms with Gasteiger partial charge in [0, 0.05) is 40.9 Å². The van der Waals surface area contributed by atoms with Crippen LogP contribution in [0.2, 0.25) is 0 Å². The highest BCUT2D eigenvalue weighted by Crippen LogP contribution is 2.35. The average molecular weight is 282 g/mol. The van der Waals surface area contributed by atoms with Gasteiger partial charge in [-0.1, -0.05) is 6.07 Å². The number of anilines is 1. The molecule has 0 bridgehead atoms. The van der Waals surface area contributed by atoms with E-state index < -0.39 is 0 Å². The van der Waals surface area contributed by atoms with Crippen LogP contribution in [0.15, 0.2) is 18.2 Å². The van der Waals surface area contributed by atoms with Gasteiger partial charge in [0.15, 0.2) is 0 Å². The summed E-state index contributed by atoms with van der Waals surface area (Å²) < 4.78 is 14.4. The van der Waals surface area contributed by atoms with Gasteiger partial charge in [0.25, 0.3) is 0 Å². The van der Waals surface area contributed by atoms with Crippen molar-refractivity contribution >= 4 is 17.4 Å². The highest BCUT2D eigenvalue weighted by atomic mass is 32.2. The standard InChI is InChI=1S/C15H23FN2S/c1-11(17-4)14-12(16)6-5-7-13(14)18-8-9-19-15(2,3)10-18/h5-7,11,17H,8-10H2,1-4H3. The lowest BCUT2D eigenvalue weighted by Gasteiger charge is -2.40. The monoisotopic (exact) mass is 282 g/mol. The Balaban J connectivity index is 2.36. The van der Waals surface area contributed by atoms with Crippen molar-refractivity contribution in [1.82, 2.24) is 5.32 Å². The molecule has 1 aliphatic rings. The van der Waals surface area contributed by atoms with Gasteiger partial charge >= 0.3 is 0 Å². The molecule has 1 aromatic rings. The molecule has 2 rings (SSSR count). The molecule has 1 heterocycles. The van der Waals surface area contributed by atoms with E-state index in [9.17, 15) is 4.39 Å². The van der Waals surface area contributed by atoms with Crippen LogP contribution in [0.5, 0.6) is 0 Å². The van der Waals surface area contributed by atoms with Crippen LogP contribution < -0.4 is 10.2 Å². The number of hydrogen-bond donors (Lipinski definition) is 1. The van der Waals surface area contributed by atoms with Crippen molar-refractivity contribution in [2.45, 2.75) is 31.6 Å². The van der Waals surface area contributed by atoms with Crippen molar-refractivity contribution in [2.75, 3.05) is 30.8 Å². The number of benzene rings is 1. The number of thioether (sulfide) groups is 1. The molecule has 1 fully saturated rings. The molecule has 1 N–H and O–H groups in total. The zero-order chi connectivity index (χ0) is 14.0. The van der Waals surface area contributed by atoms with Gasteiger partial charge in [0.05, 0.1) is 0 Å². The molecule has 0 amide bonds. The molecule has 1 saturated heterocycles. The van der Waals surface area contributed by atoms with Crippen LogP contribution in [0.4, 0.5) is 10.1 Å². The molecule has 0 aromatic heterocycles. The second-order valence-corrected chi connectivity index (χ2v) is 7.51. The largest absolute Gasteiger partial charge is 0.369 e. The predicted molar refractivity (Wildman–Crippen MR) is 82.6 cm³/mol. The fourth-order valence-corrected chi connectivity index (χ4v) is 3.71. The van der Waals surface area contributed by atoms with Crippen molar-refractivity contribution in [1.29, 1.82) is 0 Å². The van der Waals surface area contributed by atoms with Gasteiger partial charge in [0.1, 0.15) is 5.82 Å². The minimum atomic E-state index is -0.115. The predicted octanol–water partition coefficient (Wildman–Crippen LogP) is 3.44. The average Bonchev–Trinajstić information content (AvgIpc) is 2.36. The number of nitrogens with zero attached hydrogens (tertiary/aromatic N) is 1. The molecule has 4 heteroatoms. The molecule has 1 atom stereocenters. The summed E-state index contributed by atoms with van der Waals surface area (Å²) in [5.41, 5.74) is 1.82. The third-order valence-electron chi connectivity index (χ3n) is 3.66. The van der Waals surface area contributed by atoms with E-state index >= 15 is 0 Å². The molecule has 2 nitrogen and oxygen atoms in total. The first-order valence-corrected chi connectivity index (χ1v) is 7.78. The Morgan fingerprint density at radius 1 is 1.42 bits per heavy atom. The molecule has 0 radical (unpaired) electrons. The van der Waals surface area contributed by atoms with Crippen LogP contribution in [-0.4, -0.2) is 30.6 Å². The van der Waals surface area contributed by atoms with Crippen LogP contribution in [0.25, 0.3) is 0 Å². The Kier molecular flexibility index (Phi) is 4.41. The van der Waals surface area contributed by atoms with Crippen LogP contribution in [-0.2, 0) is 0 Å². The van der Waals surface area contributed by atoms with Crippen LogP contribution in [0.1, 0.15) is 32.4 Å². The summed E-state index contributed by atoms with van der Waals surface area (Å²) >= 11 is 1.99. The van der Waals surface area contributed by atoms with Crippen LogP contribution in [0.3, 0.4) is 0 Å². The highest BCUT2D eigenvalue weighted by Gasteiger charge is 2.29. The third-order valence-corrected chi connectivity index (χ3v) is 4.96. The van der Waals surface area contributed by atoms with E-state index in [-0.39, 0.29) is 16.6 Å². The second kappa shape index (κ2) is 5.71. The highest BCUT2D eigenvalue weighted by molar-refractivity contribution is 8.00. The Morgan fingerprint density at radius 2 is 2.16 bits per heavy atom. The maximum atomic E-state index is 14.2. The minimum Gasteiger partial charge on any atom is -0.369 e. The molecule has 1 unspecified atom stereocenters. The van der Waals surface area contributed by atoms with Crippen molar-refractivity contribution < 1.29 is 4.39 Å². The quantitative estimate of drug-likeness (QED) is 0.914. The lowest BCUT2D eigenvalue weighted by molar-refractivity contribution is 0.556. The fraction of sp³-hybridized carbons (Fsp3) is 0.600. The number of hydrogen-bond acceptors (Lipinski definition) is 3. The topological polar surface area (TPSA) is 15.3 Å². The number of halogens is 1. The third kappa shape index (κ3) is 3.23. The number of nitrogens with one attached hydrogen (secondary N) is 1. The van der Waals surface area contributed by atoms with Gasteiger partial charge < -0.3 is 10.2 Å². The first kappa shape index (κ1) is 14.7. The summed E-state index contributed by atoms with van der Waals surface area (Å²) in [4.78, 5) is 2.32. The Morgan fingerprint density at radius 3 is 2.79 bits per heavy atom. The maximum absolute atomic E-state index is 14.2. The van der Waals surface area contributed by atoms with Crippen molar-refractivity contribution in [3.63, 3.8) is 0 Å². The van der Waals surface area contributed by atoms with Crippen molar-refractivity contribution in [3.05, 3.63) is 29.6 Å². The molecule has 0 spiro atoms. The van der Waals surface area contributed by atoms with E-state index in [4.69, 9.17) is 0 Å². The van der Waals surface area contributed by atoms with Gasteiger partial charge in [-0.15, -0.1) is 0 Å². The van der Waals surface area contributed by atoms with Crippen LogP contribution in [0, 0.1) is 5.82 Å². The van der Waals surface area contributed by atoms with Crippen molar-refractivity contribution in [2.24, 2.45) is 0 Å². The van der Waals surface area contributed by atoms with E-state index in [1.54, 1.807) is 6.07 Å². The number of rotatable bonds is 3.